The van der Waals surface area contributed by atoms with Crippen molar-refractivity contribution in [1.82, 2.24) is 10.2 Å². The molecule has 2 aromatic rings. The molecule has 7 heteroatoms. The third-order valence-corrected chi connectivity index (χ3v) is 5.88. The van der Waals surface area contributed by atoms with E-state index in [4.69, 9.17) is 4.74 Å². The number of likely N-dealkylation sites (tertiary alicyclic amines) is 1. The summed E-state index contributed by atoms with van der Waals surface area (Å²) in [7, 11) is 0. The number of rotatable bonds is 7. The predicted octanol–water partition coefficient (Wildman–Crippen LogP) is 4.59. The normalized spacial score (nSPS) is 15.6. The molecule has 3 rings (SSSR count). The molecule has 162 valence electrons. The number of benzene rings is 1. The number of carbonyl (C=O) groups is 2. The summed E-state index contributed by atoms with van der Waals surface area (Å²) in [6, 6.07) is 11.7. The molecule has 0 bridgehead atoms. The molecule has 0 saturated carbocycles. The molecule has 0 aliphatic carbocycles. The molecule has 30 heavy (non-hydrogen) atoms. The van der Waals surface area contributed by atoms with E-state index in [0.717, 1.165) is 18.7 Å². The first-order valence-corrected chi connectivity index (χ1v) is 11.3. The van der Waals surface area contributed by atoms with E-state index in [0.29, 0.717) is 18.7 Å². The smallest absolute Gasteiger partial charge is 0.412 e. The van der Waals surface area contributed by atoms with Gasteiger partial charge >= 0.3 is 6.09 Å². The van der Waals surface area contributed by atoms with Gasteiger partial charge in [0.2, 0.25) is 5.91 Å². The van der Waals surface area contributed by atoms with E-state index in [1.54, 1.807) is 23.5 Å². The Bertz CT molecular complexity index is 822. The minimum atomic E-state index is -0.543. The van der Waals surface area contributed by atoms with Crippen LogP contribution in [0.5, 0.6) is 0 Å². The molecule has 1 aromatic carbocycles. The van der Waals surface area contributed by atoms with Gasteiger partial charge in [0.05, 0.1) is 12.5 Å². The molecule has 0 spiro atoms. The molecule has 0 radical (unpaired) electrons. The van der Waals surface area contributed by atoms with Crippen LogP contribution in [0.15, 0.2) is 41.8 Å². The van der Waals surface area contributed by atoms with Crippen LogP contribution in [0.3, 0.4) is 0 Å². The largest absolute Gasteiger partial charge is 0.444 e. The lowest BCUT2D eigenvalue weighted by molar-refractivity contribution is -0.120. The van der Waals surface area contributed by atoms with E-state index in [2.05, 4.69) is 33.0 Å². The molecular formula is C23H31N3O3S. The van der Waals surface area contributed by atoms with Gasteiger partial charge in [0.25, 0.3) is 0 Å². The van der Waals surface area contributed by atoms with Crippen LogP contribution < -0.4 is 10.6 Å². The summed E-state index contributed by atoms with van der Waals surface area (Å²) in [6.45, 7) is 8.26. The van der Waals surface area contributed by atoms with Crippen molar-refractivity contribution in [1.29, 1.82) is 0 Å². The molecule has 1 atom stereocenters. The highest BCUT2D eigenvalue weighted by Crippen LogP contribution is 2.27. The fourth-order valence-electron chi connectivity index (χ4n) is 3.53. The van der Waals surface area contributed by atoms with Gasteiger partial charge < -0.3 is 10.1 Å². The minimum Gasteiger partial charge on any atom is -0.444 e. The predicted molar refractivity (Wildman–Crippen MR) is 121 cm³/mol. The van der Waals surface area contributed by atoms with Gasteiger partial charge in [-0.1, -0.05) is 18.2 Å². The number of carbonyl (C=O) groups excluding carboxylic acids is 2. The lowest BCUT2D eigenvalue weighted by atomic mass is 10.1. The third-order valence-electron chi connectivity index (χ3n) is 4.91. The van der Waals surface area contributed by atoms with Crippen molar-refractivity contribution < 1.29 is 14.3 Å². The number of anilines is 1. The van der Waals surface area contributed by atoms with Crippen LogP contribution in [-0.2, 0) is 16.0 Å². The van der Waals surface area contributed by atoms with Crippen LogP contribution in [0.25, 0.3) is 0 Å². The topological polar surface area (TPSA) is 70.7 Å². The Labute approximate surface area is 182 Å². The number of hydrogen-bond donors (Lipinski definition) is 2. The maximum Gasteiger partial charge on any atom is 0.412 e. The maximum absolute atomic E-state index is 12.5. The zero-order valence-corrected chi connectivity index (χ0v) is 18.8. The molecule has 1 aliphatic heterocycles. The average Bonchev–Trinajstić information content (AvgIpc) is 3.36. The molecule has 2 amide bonds. The highest BCUT2D eigenvalue weighted by atomic mass is 32.1. The summed E-state index contributed by atoms with van der Waals surface area (Å²) in [6.07, 6.45) is 2.26. The van der Waals surface area contributed by atoms with Gasteiger partial charge in [-0.3, -0.25) is 15.0 Å². The standard InChI is InChI=1S/C23H31N3O3S/c1-23(2,3)29-22(28)25-18-10-8-17(9-11-18)15-21(27)24-16-19(20-7-6-14-30-20)26-12-4-5-13-26/h6-11,14,19H,4-5,12-13,15-16H2,1-3H3,(H,24,27)(H,25,28). The Morgan fingerprint density at radius 3 is 2.43 bits per heavy atom. The summed E-state index contributed by atoms with van der Waals surface area (Å²) < 4.78 is 5.25. The van der Waals surface area contributed by atoms with Gasteiger partial charge in [0.1, 0.15) is 5.60 Å². The van der Waals surface area contributed by atoms with Gasteiger partial charge in [-0.05, 0) is 75.8 Å². The summed E-state index contributed by atoms with van der Waals surface area (Å²) in [4.78, 5) is 28.1. The van der Waals surface area contributed by atoms with E-state index in [1.165, 1.54) is 17.7 Å². The molecule has 1 aromatic heterocycles. The van der Waals surface area contributed by atoms with E-state index in [-0.39, 0.29) is 11.9 Å². The van der Waals surface area contributed by atoms with Crippen molar-refractivity contribution in [2.45, 2.75) is 51.7 Å². The number of nitrogens with zero attached hydrogens (tertiary/aromatic N) is 1. The zero-order valence-electron chi connectivity index (χ0n) is 17.9. The fourth-order valence-corrected chi connectivity index (χ4v) is 4.39. The first-order valence-electron chi connectivity index (χ1n) is 10.4. The van der Waals surface area contributed by atoms with Crippen LogP contribution in [0, 0.1) is 0 Å². The monoisotopic (exact) mass is 429 g/mol. The molecule has 2 N–H and O–H groups in total. The highest BCUT2D eigenvalue weighted by Gasteiger charge is 2.24. The second-order valence-electron chi connectivity index (χ2n) is 8.58. The second-order valence-corrected chi connectivity index (χ2v) is 9.56. The van der Waals surface area contributed by atoms with Crippen molar-refractivity contribution in [3.05, 3.63) is 52.2 Å². The minimum absolute atomic E-state index is 0.00334. The summed E-state index contributed by atoms with van der Waals surface area (Å²) >= 11 is 1.75. The zero-order chi connectivity index (χ0) is 21.6. The number of hydrogen-bond acceptors (Lipinski definition) is 5. The first kappa shape index (κ1) is 22.3. The van der Waals surface area contributed by atoms with Crippen LogP contribution in [0.2, 0.25) is 0 Å². The Balaban J connectivity index is 1.50. The van der Waals surface area contributed by atoms with Crippen LogP contribution in [-0.4, -0.2) is 42.1 Å². The van der Waals surface area contributed by atoms with E-state index < -0.39 is 11.7 Å². The van der Waals surface area contributed by atoms with Gasteiger partial charge in [-0.2, -0.15) is 0 Å². The first-order chi connectivity index (χ1) is 14.3. The molecule has 1 fully saturated rings. The molecule has 1 aliphatic rings. The molecular weight excluding hydrogens is 398 g/mol. The van der Waals surface area contributed by atoms with Gasteiger partial charge in [-0.25, -0.2) is 4.79 Å². The number of nitrogens with one attached hydrogen (secondary N) is 2. The van der Waals surface area contributed by atoms with Gasteiger partial charge in [-0.15, -0.1) is 11.3 Å². The lowest BCUT2D eigenvalue weighted by Gasteiger charge is -2.27. The quantitative estimate of drug-likeness (QED) is 0.675. The fraction of sp³-hybridized carbons (Fsp3) is 0.478. The van der Waals surface area contributed by atoms with E-state index in [1.807, 2.05) is 32.9 Å². The van der Waals surface area contributed by atoms with E-state index in [9.17, 15) is 9.59 Å². The third kappa shape index (κ3) is 6.85. The molecule has 1 saturated heterocycles. The summed E-state index contributed by atoms with van der Waals surface area (Å²) in [5.41, 5.74) is 0.995. The maximum atomic E-state index is 12.5. The molecule has 2 heterocycles. The second kappa shape index (κ2) is 10.1. The molecule has 1 unspecified atom stereocenters. The Hall–Kier alpha value is -2.38. The molecule has 6 nitrogen and oxygen atoms in total. The Morgan fingerprint density at radius 2 is 1.83 bits per heavy atom. The Morgan fingerprint density at radius 1 is 1.13 bits per heavy atom. The average molecular weight is 430 g/mol. The SMILES string of the molecule is CC(C)(C)OC(=O)Nc1ccc(CC(=O)NCC(c2cccs2)N2CCCC2)cc1. The number of amides is 2. The van der Waals surface area contributed by atoms with E-state index >= 15 is 0 Å². The van der Waals surface area contributed by atoms with Crippen LogP contribution in [0.1, 0.15) is 50.1 Å². The summed E-state index contributed by atoms with van der Waals surface area (Å²) in [5.74, 6) is 0.00334. The van der Waals surface area contributed by atoms with Gasteiger partial charge in [0.15, 0.2) is 0 Å². The lowest BCUT2D eigenvalue weighted by Crippen LogP contribution is -2.37. The van der Waals surface area contributed by atoms with Crippen LogP contribution >= 0.6 is 11.3 Å². The number of thiophene rings is 1. The van der Waals surface area contributed by atoms with Gasteiger partial charge in [0, 0.05) is 17.1 Å². The number of ether oxygens (including phenoxy) is 1. The van der Waals surface area contributed by atoms with Crippen molar-refractivity contribution in [3.63, 3.8) is 0 Å². The van der Waals surface area contributed by atoms with Crippen molar-refractivity contribution in [3.8, 4) is 0 Å². The van der Waals surface area contributed by atoms with Crippen molar-refractivity contribution in [2.75, 3.05) is 25.0 Å². The highest BCUT2D eigenvalue weighted by molar-refractivity contribution is 7.10. The Kier molecular flexibility index (Phi) is 7.50. The summed E-state index contributed by atoms with van der Waals surface area (Å²) in [5, 5.41) is 7.90. The van der Waals surface area contributed by atoms with Crippen LogP contribution in [0.4, 0.5) is 10.5 Å². The van der Waals surface area contributed by atoms with Crippen molar-refractivity contribution in [2.24, 2.45) is 0 Å². The van der Waals surface area contributed by atoms with Crippen molar-refractivity contribution >= 4 is 29.0 Å².